The van der Waals surface area contributed by atoms with E-state index < -0.39 is 21.0 Å². The van der Waals surface area contributed by atoms with E-state index in [1.807, 2.05) is 13.0 Å². The number of carbonyl (C=O) groups is 1. The average Bonchev–Trinajstić information content (AvgIpc) is 2.26. The van der Waals surface area contributed by atoms with Crippen molar-refractivity contribution in [1.82, 2.24) is 0 Å². The van der Waals surface area contributed by atoms with Crippen LogP contribution in [-0.4, -0.2) is 19.6 Å². The molecule has 1 aliphatic rings. The Bertz CT molecular complexity index is 548. The minimum absolute atomic E-state index is 0.235. The first kappa shape index (κ1) is 11.1. The lowest BCUT2D eigenvalue weighted by Crippen LogP contribution is -2.37. The Balaban J connectivity index is 2.67. The van der Waals surface area contributed by atoms with Gasteiger partial charge in [-0.3, -0.25) is 4.79 Å². The second-order valence-corrected chi connectivity index (χ2v) is 6.10. The Kier molecular flexibility index (Phi) is 2.50. The summed E-state index contributed by atoms with van der Waals surface area (Å²) in [6, 6.07) is 5.11. The summed E-state index contributed by atoms with van der Waals surface area (Å²) in [6.07, 6.45) is 0.769. The summed E-state index contributed by atoms with van der Waals surface area (Å²) < 4.78 is 24.0. The Morgan fingerprint density at radius 1 is 1.38 bits per heavy atom. The molecule has 0 radical (unpaired) electrons. The van der Waals surface area contributed by atoms with Crippen LogP contribution in [0.3, 0.4) is 0 Å². The average molecular weight is 239 g/mol. The fourth-order valence-electron chi connectivity index (χ4n) is 1.69. The smallest absolute Gasteiger partial charge is 0.242 e. The second-order valence-electron chi connectivity index (χ2n) is 3.86. The van der Waals surface area contributed by atoms with E-state index in [2.05, 4.69) is 5.32 Å². The summed E-state index contributed by atoms with van der Waals surface area (Å²) in [5, 5.41) is 1.59. The molecule has 1 aliphatic heterocycles. The minimum Gasteiger partial charge on any atom is -0.324 e. The van der Waals surface area contributed by atoms with E-state index in [4.69, 9.17) is 0 Å². The number of hydrogen-bond acceptors (Lipinski definition) is 3. The van der Waals surface area contributed by atoms with Gasteiger partial charge in [0.05, 0.1) is 10.6 Å². The van der Waals surface area contributed by atoms with Crippen LogP contribution < -0.4 is 5.32 Å². The van der Waals surface area contributed by atoms with Gasteiger partial charge in [-0.05, 0) is 31.0 Å². The van der Waals surface area contributed by atoms with Crippen LogP contribution in [0.2, 0.25) is 0 Å². The van der Waals surface area contributed by atoms with Crippen LogP contribution in [0.1, 0.15) is 19.4 Å². The van der Waals surface area contributed by atoms with E-state index >= 15 is 0 Å². The molecule has 0 spiro atoms. The van der Waals surface area contributed by atoms with Gasteiger partial charge in [0.15, 0.2) is 9.84 Å². The first-order valence-electron chi connectivity index (χ1n) is 5.14. The highest BCUT2D eigenvalue weighted by Gasteiger charge is 2.36. The molecule has 86 valence electrons. The normalized spacial score (nSPS) is 22.4. The summed E-state index contributed by atoms with van der Waals surface area (Å²) in [5.74, 6) is -0.461. The molecular formula is C11H13NO3S. The Hall–Kier alpha value is -1.36. The third kappa shape index (κ3) is 1.51. The van der Waals surface area contributed by atoms with Gasteiger partial charge in [-0.2, -0.15) is 0 Å². The molecule has 1 unspecified atom stereocenters. The summed E-state index contributed by atoms with van der Waals surface area (Å²) in [5.41, 5.74) is 1.34. The molecule has 0 bridgehead atoms. The molecule has 1 atom stereocenters. The van der Waals surface area contributed by atoms with Crippen molar-refractivity contribution in [3.63, 3.8) is 0 Å². The van der Waals surface area contributed by atoms with Crippen LogP contribution in [0.5, 0.6) is 0 Å². The van der Waals surface area contributed by atoms with E-state index in [1.165, 1.54) is 6.92 Å². The van der Waals surface area contributed by atoms with Crippen molar-refractivity contribution >= 4 is 21.4 Å². The number of nitrogens with one attached hydrogen (secondary N) is 1. The van der Waals surface area contributed by atoms with Gasteiger partial charge < -0.3 is 5.32 Å². The number of carbonyl (C=O) groups excluding carboxylic acids is 1. The van der Waals surface area contributed by atoms with E-state index in [0.717, 1.165) is 12.0 Å². The number of benzene rings is 1. The number of rotatable bonds is 1. The maximum Gasteiger partial charge on any atom is 0.242 e. The Morgan fingerprint density at radius 2 is 2.06 bits per heavy atom. The molecule has 0 fully saturated rings. The standard InChI is InChI=1S/C11H13NO3S/c1-3-8-4-5-9-10(6-8)16(14,15)7(2)11(13)12-9/h4-7H,3H2,1-2H3,(H,12,13). The van der Waals surface area contributed by atoms with Gasteiger partial charge in [0, 0.05) is 0 Å². The molecule has 1 amide bonds. The molecule has 1 aromatic carbocycles. The van der Waals surface area contributed by atoms with Crippen LogP contribution in [-0.2, 0) is 21.1 Å². The highest BCUT2D eigenvalue weighted by atomic mass is 32.2. The van der Waals surface area contributed by atoms with Gasteiger partial charge in [-0.1, -0.05) is 13.0 Å². The maximum absolute atomic E-state index is 12.0. The van der Waals surface area contributed by atoms with Crippen LogP contribution in [0, 0.1) is 0 Å². The van der Waals surface area contributed by atoms with Gasteiger partial charge in [0.1, 0.15) is 5.25 Å². The lowest BCUT2D eigenvalue weighted by Gasteiger charge is -2.22. The number of hydrogen-bond donors (Lipinski definition) is 1. The summed E-state index contributed by atoms with van der Waals surface area (Å²) >= 11 is 0. The summed E-state index contributed by atoms with van der Waals surface area (Å²) in [4.78, 5) is 11.7. The fraction of sp³-hybridized carbons (Fsp3) is 0.364. The molecule has 0 aliphatic carbocycles. The molecule has 5 heteroatoms. The third-order valence-electron chi connectivity index (χ3n) is 2.85. The number of anilines is 1. The lowest BCUT2D eigenvalue weighted by molar-refractivity contribution is -0.115. The predicted molar refractivity (Wildman–Crippen MR) is 61.1 cm³/mol. The summed E-state index contributed by atoms with van der Waals surface area (Å²) in [7, 11) is -3.51. The van der Waals surface area contributed by atoms with Crippen LogP contribution in [0.25, 0.3) is 0 Å². The number of aryl methyl sites for hydroxylation is 1. The van der Waals surface area contributed by atoms with Crippen LogP contribution >= 0.6 is 0 Å². The van der Waals surface area contributed by atoms with Crippen molar-refractivity contribution in [3.8, 4) is 0 Å². The molecule has 1 N–H and O–H groups in total. The van der Waals surface area contributed by atoms with E-state index in [9.17, 15) is 13.2 Å². The number of sulfone groups is 1. The van der Waals surface area contributed by atoms with Crippen molar-refractivity contribution in [2.75, 3.05) is 5.32 Å². The molecule has 16 heavy (non-hydrogen) atoms. The van der Waals surface area contributed by atoms with Crippen molar-refractivity contribution in [1.29, 1.82) is 0 Å². The topological polar surface area (TPSA) is 63.2 Å². The van der Waals surface area contributed by atoms with Gasteiger partial charge >= 0.3 is 0 Å². The maximum atomic E-state index is 12.0. The first-order valence-corrected chi connectivity index (χ1v) is 6.69. The van der Waals surface area contributed by atoms with Crippen molar-refractivity contribution in [2.45, 2.75) is 30.4 Å². The molecule has 1 aromatic rings. The fourth-order valence-corrected chi connectivity index (χ4v) is 3.15. The molecule has 0 saturated heterocycles. The van der Waals surface area contributed by atoms with E-state index in [-0.39, 0.29) is 4.90 Å². The molecule has 4 nitrogen and oxygen atoms in total. The van der Waals surface area contributed by atoms with Crippen molar-refractivity contribution in [2.24, 2.45) is 0 Å². The SMILES string of the molecule is CCc1ccc2c(c1)S(=O)(=O)C(C)C(=O)N2. The Morgan fingerprint density at radius 3 is 2.69 bits per heavy atom. The third-order valence-corrected chi connectivity index (χ3v) is 4.95. The number of amides is 1. The largest absolute Gasteiger partial charge is 0.324 e. The zero-order chi connectivity index (χ0) is 11.9. The molecule has 1 heterocycles. The van der Waals surface area contributed by atoms with Gasteiger partial charge in [-0.15, -0.1) is 0 Å². The highest BCUT2D eigenvalue weighted by molar-refractivity contribution is 7.93. The van der Waals surface area contributed by atoms with Crippen molar-refractivity contribution < 1.29 is 13.2 Å². The Labute approximate surface area is 94.6 Å². The molecular weight excluding hydrogens is 226 g/mol. The van der Waals surface area contributed by atoms with E-state index in [0.29, 0.717) is 5.69 Å². The predicted octanol–water partition coefficient (Wildman–Crippen LogP) is 1.36. The molecule has 0 aromatic heterocycles. The van der Waals surface area contributed by atoms with Crippen molar-refractivity contribution in [3.05, 3.63) is 23.8 Å². The summed E-state index contributed by atoms with van der Waals surface area (Å²) in [6.45, 7) is 3.37. The van der Waals surface area contributed by atoms with Gasteiger partial charge in [0.25, 0.3) is 0 Å². The number of fused-ring (bicyclic) bond motifs is 1. The quantitative estimate of drug-likeness (QED) is 0.805. The van der Waals surface area contributed by atoms with Crippen LogP contribution in [0.15, 0.2) is 23.1 Å². The minimum atomic E-state index is -3.51. The van der Waals surface area contributed by atoms with Gasteiger partial charge in [-0.25, -0.2) is 8.42 Å². The lowest BCUT2D eigenvalue weighted by atomic mass is 10.1. The zero-order valence-electron chi connectivity index (χ0n) is 9.15. The second kappa shape index (κ2) is 3.59. The highest BCUT2D eigenvalue weighted by Crippen LogP contribution is 2.31. The van der Waals surface area contributed by atoms with Crippen LogP contribution in [0.4, 0.5) is 5.69 Å². The molecule has 0 saturated carbocycles. The first-order chi connectivity index (χ1) is 7.46. The zero-order valence-corrected chi connectivity index (χ0v) is 9.97. The molecule has 2 rings (SSSR count). The van der Waals surface area contributed by atoms with Gasteiger partial charge in [0.2, 0.25) is 5.91 Å². The monoisotopic (exact) mass is 239 g/mol. The van der Waals surface area contributed by atoms with E-state index in [1.54, 1.807) is 12.1 Å².